The number of carbonyl (C=O) groups is 1. The second kappa shape index (κ2) is 8.63. The van der Waals surface area contributed by atoms with Crippen molar-refractivity contribution in [2.75, 3.05) is 16.8 Å². The molecule has 0 radical (unpaired) electrons. The summed E-state index contributed by atoms with van der Waals surface area (Å²) in [6, 6.07) is 15.2. The number of fused-ring (bicyclic) bond motifs is 1. The van der Waals surface area contributed by atoms with Crippen LogP contribution in [0.5, 0.6) is 0 Å². The summed E-state index contributed by atoms with van der Waals surface area (Å²) >= 11 is 1.61. The first-order chi connectivity index (χ1) is 13.0. The number of rotatable bonds is 8. The summed E-state index contributed by atoms with van der Waals surface area (Å²) in [6.07, 6.45) is 2.40. The van der Waals surface area contributed by atoms with E-state index in [1.165, 1.54) is 0 Å². The van der Waals surface area contributed by atoms with Crippen molar-refractivity contribution in [1.82, 2.24) is 4.98 Å². The zero-order chi connectivity index (χ0) is 19.3. The predicted molar refractivity (Wildman–Crippen MR) is 112 cm³/mol. The van der Waals surface area contributed by atoms with Crippen LogP contribution >= 0.6 is 11.3 Å². The number of para-hydroxylation sites is 1. The van der Waals surface area contributed by atoms with Gasteiger partial charge in [0.25, 0.3) is 0 Å². The highest BCUT2D eigenvalue weighted by Crippen LogP contribution is 2.30. The minimum absolute atomic E-state index is 0.0603. The molecule has 142 valence electrons. The fraction of sp³-hybridized carbons (Fsp3) is 0.300. The molecule has 0 aliphatic heterocycles. The molecule has 0 fully saturated rings. The highest BCUT2D eigenvalue weighted by Gasteiger charge is 2.16. The lowest BCUT2D eigenvalue weighted by Crippen LogP contribution is -2.24. The first-order valence-corrected chi connectivity index (χ1v) is 11.6. The van der Waals surface area contributed by atoms with Crippen LogP contribution in [-0.4, -0.2) is 30.8 Å². The predicted octanol–water partition coefficient (Wildman–Crippen LogP) is 4.51. The Morgan fingerprint density at radius 3 is 2.52 bits per heavy atom. The van der Waals surface area contributed by atoms with Gasteiger partial charge in [-0.05, 0) is 42.8 Å². The molecule has 0 aliphatic rings. The second-order valence-electron chi connectivity index (χ2n) is 6.41. The summed E-state index contributed by atoms with van der Waals surface area (Å²) in [5.41, 5.74) is 2.50. The molecule has 7 heteroatoms. The minimum Gasteiger partial charge on any atom is -0.325 e. The fourth-order valence-electron chi connectivity index (χ4n) is 2.73. The quantitative estimate of drug-likeness (QED) is 0.563. The lowest BCUT2D eigenvalue weighted by molar-refractivity contribution is -0.113. The molecular weight excluding hydrogens is 380 g/mol. The van der Waals surface area contributed by atoms with Gasteiger partial charge in [0.2, 0.25) is 5.91 Å². The summed E-state index contributed by atoms with van der Waals surface area (Å²) < 4.78 is 25.0. The van der Waals surface area contributed by atoms with Crippen molar-refractivity contribution in [3.63, 3.8) is 0 Å². The Hall–Kier alpha value is -2.25. The minimum atomic E-state index is -3.36. The van der Waals surface area contributed by atoms with E-state index in [1.807, 2.05) is 43.3 Å². The molecule has 3 rings (SSSR count). The van der Waals surface area contributed by atoms with Crippen molar-refractivity contribution in [1.29, 1.82) is 0 Å². The van der Waals surface area contributed by atoms with Crippen molar-refractivity contribution in [3.05, 3.63) is 48.5 Å². The molecule has 0 aliphatic carbocycles. The average Bonchev–Trinajstić information content (AvgIpc) is 3.06. The van der Waals surface area contributed by atoms with E-state index in [0.29, 0.717) is 12.1 Å². The first-order valence-electron chi connectivity index (χ1n) is 8.93. The number of nitrogens with one attached hydrogen (secondary N) is 1. The smallest absolute Gasteiger partial charge is 0.239 e. The van der Waals surface area contributed by atoms with Gasteiger partial charge in [-0.25, -0.2) is 13.4 Å². The Morgan fingerprint density at radius 2 is 1.81 bits per heavy atom. The SMILES string of the molecule is CCCCCS(=O)(=O)CC(=O)Nc1ccc(-c2nc3ccccc3s2)cc1. The molecule has 0 atom stereocenters. The molecule has 1 amide bonds. The lowest BCUT2D eigenvalue weighted by atomic mass is 10.2. The summed E-state index contributed by atoms with van der Waals surface area (Å²) in [5.74, 6) is -0.916. The second-order valence-corrected chi connectivity index (χ2v) is 9.63. The van der Waals surface area contributed by atoms with Crippen LogP contribution in [-0.2, 0) is 14.6 Å². The molecule has 3 aromatic rings. The number of aromatic nitrogens is 1. The van der Waals surface area contributed by atoms with Crippen LogP contribution in [0, 0.1) is 0 Å². The first kappa shape index (κ1) is 19.5. The fourth-order valence-corrected chi connectivity index (χ4v) is 4.96. The zero-order valence-corrected chi connectivity index (χ0v) is 16.8. The Morgan fingerprint density at radius 1 is 1.07 bits per heavy atom. The molecule has 27 heavy (non-hydrogen) atoms. The third-order valence-corrected chi connectivity index (χ3v) is 6.82. The number of thiazole rings is 1. The van der Waals surface area contributed by atoms with Crippen molar-refractivity contribution in [3.8, 4) is 10.6 Å². The number of amides is 1. The Labute approximate surface area is 163 Å². The van der Waals surface area contributed by atoms with Crippen LogP contribution in [0.25, 0.3) is 20.8 Å². The molecular formula is C20H22N2O3S2. The highest BCUT2D eigenvalue weighted by atomic mass is 32.2. The number of carbonyl (C=O) groups excluding carboxylic acids is 1. The monoisotopic (exact) mass is 402 g/mol. The Balaban J connectivity index is 1.62. The van der Waals surface area contributed by atoms with E-state index in [2.05, 4.69) is 10.3 Å². The van der Waals surface area contributed by atoms with Gasteiger partial charge in [-0.15, -0.1) is 11.3 Å². The number of unbranched alkanes of at least 4 members (excludes halogenated alkanes) is 2. The van der Waals surface area contributed by atoms with Crippen LogP contribution in [0.4, 0.5) is 5.69 Å². The number of hydrogen-bond donors (Lipinski definition) is 1. The van der Waals surface area contributed by atoms with Crippen LogP contribution in [0.1, 0.15) is 26.2 Å². The number of anilines is 1. The normalized spacial score (nSPS) is 11.6. The molecule has 2 aromatic carbocycles. The van der Waals surface area contributed by atoms with Crippen LogP contribution in [0.15, 0.2) is 48.5 Å². The molecule has 0 bridgehead atoms. The number of sulfone groups is 1. The van der Waals surface area contributed by atoms with Crippen molar-refractivity contribution < 1.29 is 13.2 Å². The van der Waals surface area contributed by atoms with Gasteiger partial charge < -0.3 is 5.32 Å². The molecule has 1 aromatic heterocycles. The van der Waals surface area contributed by atoms with Gasteiger partial charge in [0.1, 0.15) is 10.8 Å². The molecule has 5 nitrogen and oxygen atoms in total. The van der Waals surface area contributed by atoms with Gasteiger partial charge in [0.05, 0.1) is 16.0 Å². The summed E-state index contributed by atoms with van der Waals surface area (Å²) in [4.78, 5) is 16.6. The maximum Gasteiger partial charge on any atom is 0.239 e. The van der Waals surface area contributed by atoms with E-state index in [9.17, 15) is 13.2 Å². The molecule has 0 spiro atoms. The Kier molecular flexibility index (Phi) is 6.23. The van der Waals surface area contributed by atoms with E-state index in [4.69, 9.17) is 0 Å². The summed E-state index contributed by atoms with van der Waals surface area (Å²) in [6.45, 7) is 2.01. The molecule has 0 saturated heterocycles. The van der Waals surface area contributed by atoms with Crippen molar-refractivity contribution >= 4 is 43.0 Å². The summed E-state index contributed by atoms with van der Waals surface area (Å²) in [7, 11) is -3.36. The number of benzene rings is 2. The van der Waals surface area contributed by atoms with Gasteiger partial charge in [-0.1, -0.05) is 31.9 Å². The highest BCUT2D eigenvalue weighted by molar-refractivity contribution is 7.92. The maximum absolute atomic E-state index is 12.0. The third-order valence-electron chi connectivity index (χ3n) is 4.12. The van der Waals surface area contributed by atoms with Crippen LogP contribution in [0.2, 0.25) is 0 Å². The van der Waals surface area contributed by atoms with Gasteiger partial charge >= 0.3 is 0 Å². The van der Waals surface area contributed by atoms with Gasteiger partial charge in [0, 0.05) is 11.3 Å². The van der Waals surface area contributed by atoms with E-state index >= 15 is 0 Å². The topological polar surface area (TPSA) is 76.1 Å². The summed E-state index contributed by atoms with van der Waals surface area (Å²) in [5, 5.41) is 3.57. The van der Waals surface area contributed by atoms with E-state index < -0.39 is 21.5 Å². The number of nitrogens with zero attached hydrogens (tertiary/aromatic N) is 1. The van der Waals surface area contributed by atoms with Crippen LogP contribution < -0.4 is 5.32 Å². The Bertz CT molecular complexity index is 992. The molecule has 1 heterocycles. The largest absolute Gasteiger partial charge is 0.325 e. The maximum atomic E-state index is 12.0. The zero-order valence-electron chi connectivity index (χ0n) is 15.1. The molecule has 0 unspecified atom stereocenters. The van der Waals surface area contributed by atoms with E-state index in [-0.39, 0.29) is 5.75 Å². The average molecular weight is 403 g/mol. The molecule has 0 saturated carbocycles. The van der Waals surface area contributed by atoms with Crippen LogP contribution in [0.3, 0.4) is 0 Å². The molecule has 1 N–H and O–H groups in total. The van der Waals surface area contributed by atoms with Gasteiger partial charge in [0.15, 0.2) is 9.84 Å². The van der Waals surface area contributed by atoms with E-state index in [0.717, 1.165) is 33.6 Å². The lowest BCUT2D eigenvalue weighted by Gasteiger charge is -2.07. The van der Waals surface area contributed by atoms with Gasteiger partial charge in [-0.2, -0.15) is 0 Å². The number of hydrogen-bond acceptors (Lipinski definition) is 5. The van der Waals surface area contributed by atoms with E-state index in [1.54, 1.807) is 23.5 Å². The standard InChI is InChI=1S/C20H22N2O3S2/c1-2-3-6-13-27(24,25)14-19(23)21-16-11-9-15(10-12-16)20-22-17-7-4-5-8-18(17)26-20/h4-5,7-12H,2-3,6,13-14H2,1H3,(H,21,23). The van der Waals surface area contributed by atoms with Gasteiger partial charge in [-0.3, -0.25) is 4.79 Å². The van der Waals surface area contributed by atoms with Crippen molar-refractivity contribution in [2.45, 2.75) is 26.2 Å². The van der Waals surface area contributed by atoms with Crippen molar-refractivity contribution in [2.24, 2.45) is 0 Å². The third kappa shape index (κ3) is 5.37.